The third-order valence-corrected chi connectivity index (χ3v) is 2.59. The Kier molecular flexibility index (Phi) is 2.92. The van der Waals surface area contributed by atoms with Gasteiger partial charge < -0.3 is 0 Å². The lowest BCUT2D eigenvalue weighted by Crippen LogP contribution is -2.00. The Labute approximate surface area is 94.2 Å². The molecule has 0 bridgehead atoms. The second kappa shape index (κ2) is 4.36. The van der Waals surface area contributed by atoms with Crippen molar-refractivity contribution in [2.45, 2.75) is 13.3 Å². The van der Waals surface area contributed by atoms with Gasteiger partial charge in [-0.25, -0.2) is 4.98 Å². The second-order valence-corrected chi connectivity index (χ2v) is 3.67. The first-order valence-electron chi connectivity index (χ1n) is 4.94. The van der Waals surface area contributed by atoms with Crippen molar-refractivity contribution in [1.29, 1.82) is 0 Å². The average molecular weight is 216 g/mol. The Morgan fingerprint density at radius 2 is 2.00 bits per heavy atom. The van der Waals surface area contributed by atoms with Gasteiger partial charge in [-0.05, 0) is 36.3 Å². The number of aromatic nitrogens is 2. The highest BCUT2D eigenvalue weighted by atomic mass is 32.1. The molecule has 76 valence electrons. The molecular weight excluding hydrogens is 204 g/mol. The van der Waals surface area contributed by atoms with Crippen LogP contribution in [0.3, 0.4) is 0 Å². The van der Waals surface area contributed by atoms with Crippen LogP contribution in [-0.2, 0) is 6.42 Å². The normalized spacial score (nSPS) is 10.2. The van der Waals surface area contributed by atoms with E-state index >= 15 is 0 Å². The molecule has 1 aromatic heterocycles. The van der Waals surface area contributed by atoms with Gasteiger partial charge in [0.05, 0.1) is 0 Å². The number of para-hydroxylation sites is 1. The van der Waals surface area contributed by atoms with Crippen LogP contribution in [0.15, 0.2) is 42.7 Å². The summed E-state index contributed by atoms with van der Waals surface area (Å²) in [5.74, 6) is 0. The van der Waals surface area contributed by atoms with Gasteiger partial charge in [0.1, 0.15) is 0 Å². The summed E-state index contributed by atoms with van der Waals surface area (Å²) < 4.78 is 2.53. The van der Waals surface area contributed by atoms with E-state index in [1.54, 1.807) is 0 Å². The van der Waals surface area contributed by atoms with Crippen molar-refractivity contribution >= 4 is 12.2 Å². The number of rotatable bonds is 2. The summed E-state index contributed by atoms with van der Waals surface area (Å²) in [5, 5.41) is 0. The van der Waals surface area contributed by atoms with Crippen LogP contribution in [0.5, 0.6) is 0 Å². The molecule has 3 heteroatoms. The maximum atomic E-state index is 5.19. The van der Waals surface area contributed by atoms with Crippen LogP contribution in [0.25, 0.3) is 5.69 Å². The van der Waals surface area contributed by atoms with Gasteiger partial charge in [0, 0.05) is 18.1 Å². The number of aryl methyl sites for hydroxylation is 1. The molecular formula is C12H12N2S. The Morgan fingerprint density at radius 3 is 2.67 bits per heavy atom. The second-order valence-electron chi connectivity index (χ2n) is 3.30. The highest BCUT2D eigenvalue weighted by molar-refractivity contribution is 7.71. The van der Waals surface area contributed by atoms with Crippen molar-refractivity contribution in [3.05, 3.63) is 53.1 Å². The van der Waals surface area contributed by atoms with Crippen molar-refractivity contribution in [2.24, 2.45) is 0 Å². The Morgan fingerprint density at radius 1 is 1.27 bits per heavy atom. The summed E-state index contributed by atoms with van der Waals surface area (Å²) in [6.45, 7) is 2.11. The van der Waals surface area contributed by atoms with Crippen molar-refractivity contribution in [3.63, 3.8) is 0 Å². The predicted octanol–water partition coefficient (Wildman–Crippen LogP) is 3.16. The molecule has 15 heavy (non-hydrogen) atoms. The Bertz CT molecular complexity index is 503. The smallest absolute Gasteiger partial charge is 0.204 e. The lowest BCUT2D eigenvalue weighted by Gasteiger charge is -2.07. The van der Waals surface area contributed by atoms with Crippen LogP contribution < -0.4 is 0 Å². The summed E-state index contributed by atoms with van der Waals surface area (Å²) in [6.07, 6.45) is 4.85. The van der Waals surface area contributed by atoms with E-state index in [1.165, 1.54) is 5.56 Å². The first-order chi connectivity index (χ1) is 7.31. The van der Waals surface area contributed by atoms with E-state index in [0.29, 0.717) is 4.77 Å². The van der Waals surface area contributed by atoms with E-state index in [0.717, 1.165) is 12.1 Å². The average Bonchev–Trinajstić information content (AvgIpc) is 2.31. The minimum absolute atomic E-state index is 0.596. The van der Waals surface area contributed by atoms with Crippen molar-refractivity contribution in [1.82, 2.24) is 9.55 Å². The largest absolute Gasteiger partial charge is 0.292 e. The molecule has 2 aromatic rings. The van der Waals surface area contributed by atoms with E-state index in [2.05, 4.69) is 11.9 Å². The fraction of sp³-hybridized carbons (Fsp3) is 0.167. The molecule has 0 saturated carbocycles. The zero-order chi connectivity index (χ0) is 10.7. The zero-order valence-corrected chi connectivity index (χ0v) is 9.37. The first-order valence-corrected chi connectivity index (χ1v) is 5.35. The molecule has 1 aromatic carbocycles. The topological polar surface area (TPSA) is 17.8 Å². The van der Waals surface area contributed by atoms with E-state index in [4.69, 9.17) is 12.2 Å². The lowest BCUT2D eigenvalue weighted by molar-refractivity contribution is 0.916. The highest BCUT2D eigenvalue weighted by Crippen LogP contribution is 2.08. The third-order valence-electron chi connectivity index (χ3n) is 2.28. The summed E-state index contributed by atoms with van der Waals surface area (Å²) in [7, 11) is 0. The van der Waals surface area contributed by atoms with Crippen LogP contribution in [0, 0.1) is 4.77 Å². The molecule has 0 aliphatic heterocycles. The van der Waals surface area contributed by atoms with Crippen LogP contribution >= 0.6 is 12.2 Å². The van der Waals surface area contributed by atoms with Gasteiger partial charge in [-0.15, -0.1) is 0 Å². The SMILES string of the molecule is CCc1cnc(=S)n(-c2ccccc2)c1. The quantitative estimate of drug-likeness (QED) is 0.718. The fourth-order valence-corrected chi connectivity index (χ4v) is 1.62. The maximum Gasteiger partial charge on any atom is 0.204 e. The molecule has 1 heterocycles. The standard InChI is InChI=1S/C12H12N2S/c1-2-10-8-13-12(15)14(9-10)11-6-4-3-5-7-11/h3-9H,2H2,1H3. The number of benzene rings is 1. The molecule has 0 atom stereocenters. The van der Waals surface area contributed by atoms with Crippen molar-refractivity contribution in [2.75, 3.05) is 0 Å². The lowest BCUT2D eigenvalue weighted by atomic mass is 10.2. The van der Waals surface area contributed by atoms with Gasteiger partial charge in [0.25, 0.3) is 0 Å². The summed E-state index contributed by atoms with van der Waals surface area (Å²) in [4.78, 5) is 4.20. The van der Waals surface area contributed by atoms with Gasteiger partial charge in [0.15, 0.2) is 0 Å². The van der Waals surface area contributed by atoms with Gasteiger partial charge in [-0.3, -0.25) is 4.57 Å². The summed E-state index contributed by atoms with van der Waals surface area (Å²) in [5.41, 5.74) is 2.25. The fourth-order valence-electron chi connectivity index (χ4n) is 1.41. The number of hydrogen-bond acceptors (Lipinski definition) is 2. The molecule has 0 spiro atoms. The van der Waals surface area contributed by atoms with Crippen LogP contribution in [-0.4, -0.2) is 9.55 Å². The van der Waals surface area contributed by atoms with E-state index in [1.807, 2.05) is 47.3 Å². The van der Waals surface area contributed by atoms with Crippen molar-refractivity contribution in [3.8, 4) is 5.69 Å². The number of nitrogens with zero attached hydrogens (tertiary/aromatic N) is 2. The number of hydrogen-bond donors (Lipinski definition) is 0. The minimum atomic E-state index is 0.596. The molecule has 0 fully saturated rings. The van der Waals surface area contributed by atoms with Gasteiger partial charge in [-0.2, -0.15) is 0 Å². The molecule has 0 amide bonds. The first kappa shape index (κ1) is 10.1. The van der Waals surface area contributed by atoms with Gasteiger partial charge in [0.2, 0.25) is 4.77 Å². The third kappa shape index (κ3) is 2.13. The molecule has 0 saturated heterocycles. The van der Waals surface area contributed by atoms with Gasteiger partial charge >= 0.3 is 0 Å². The Hall–Kier alpha value is -1.48. The molecule has 0 aliphatic carbocycles. The predicted molar refractivity (Wildman–Crippen MR) is 63.8 cm³/mol. The van der Waals surface area contributed by atoms with E-state index < -0.39 is 0 Å². The highest BCUT2D eigenvalue weighted by Gasteiger charge is 1.98. The minimum Gasteiger partial charge on any atom is -0.292 e. The van der Waals surface area contributed by atoms with Gasteiger partial charge in [-0.1, -0.05) is 25.1 Å². The van der Waals surface area contributed by atoms with E-state index in [9.17, 15) is 0 Å². The molecule has 2 rings (SSSR count). The molecule has 0 aliphatic rings. The van der Waals surface area contributed by atoms with Crippen LogP contribution in [0.1, 0.15) is 12.5 Å². The zero-order valence-electron chi connectivity index (χ0n) is 8.55. The molecule has 2 nitrogen and oxygen atoms in total. The maximum absolute atomic E-state index is 5.19. The van der Waals surface area contributed by atoms with Crippen LogP contribution in [0.2, 0.25) is 0 Å². The molecule has 0 N–H and O–H groups in total. The van der Waals surface area contributed by atoms with E-state index in [-0.39, 0.29) is 0 Å². The summed E-state index contributed by atoms with van der Waals surface area (Å²) >= 11 is 5.19. The molecule has 0 radical (unpaired) electrons. The summed E-state index contributed by atoms with van der Waals surface area (Å²) in [6, 6.07) is 10.0. The Balaban J connectivity index is 2.57. The van der Waals surface area contributed by atoms with Crippen LogP contribution in [0.4, 0.5) is 0 Å². The van der Waals surface area contributed by atoms with Crippen molar-refractivity contribution < 1.29 is 0 Å². The monoisotopic (exact) mass is 216 g/mol. The molecule has 0 unspecified atom stereocenters.